The maximum atomic E-state index is 14.0. The van der Waals surface area contributed by atoms with Crippen molar-refractivity contribution in [3.05, 3.63) is 77.0 Å². The van der Waals surface area contributed by atoms with Crippen molar-refractivity contribution in [1.82, 2.24) is 24.3 Å². The van der Waals surface area contributed by atoms with Gasteiger partial charge in [-0.15, -0.1) is 0 Å². The van der Waals surface area contributed by atoms with E-state index in [0.29, 0.717) is 17.7 Å². The van der Waals surface area contributed by atoms with Gasteiger partial charge >= 0.3 is 0 Å². The molecule has 3 aromatic heterocycles. The van der Waals surface area contributed by atoms with Gasteiger partial charge in [0.1, 0.15) is 0 Å². The molecule has 1 fully saturated rings. The predicted molar refractivity (Wildman–Crippen MR) is 114 cm³/mol. The minimum Gasteiger partial charge on any atom is -0.327 e. The van der Waals surface area contributed by atoms with Crippen molar-refractivity contribution in [1.29, 1.82) is 0 Å². The smallest absolute Gasteiger partial charge is 0.254 e. The average molecular weight is 451 g/mol. The number of pyridine rings is 1. The Morgan fingerprint density at radius 2 is 1.88 bits per heavy atom. The van der Waals surface area contributed by atoms with Crippen molar-refractivity contribution in [2.45, 2.75) is 37.8 Å². The van der Waals surface area contributed by atoms with Gasteiger partial charge in [0, 0.05) is 42.2 Å². The highest BCUT2D eigenvalue weighted by molar-refractivity contribution is 5.96. The SMILES string of the molecule is Cn1nc2c(c1-c1cc(F)c(F)c(F)c1)C[C@H]1CCC[C@@H]2N1C(=O)c1ccn2nccc2c1. The number of amides is 1. The minimum absolute atomic E-state index is 0.0528. The molecule has 1 aromatic carbocycles. The van der Waals surface area contributed by atoms with Gasteiger partial charge in [-0.05, 0) is 56.0 Å². The van der Waals surface area contributed by atoms with E-state index in [0.717, 1.165) is 48.2 Å². The fourth-order valence-corrected chi connectivity index (χ4v) is 5.41. The highest BCUT2D eigenvalue weighted by Gasteiger charge is 2.43. The lowest BCUT2D eigenvalue weighted by Gasteiger charge is -2.45. The number of nitrogens with zero attached hydrogens (tertiary/aromatic N) is 5. The minimum atomic E-state index is -1.49. The molecule has 6 nitrogen and oxygen atoms in total. The van der Waals surface area contributed by atoms with Gasteiger partial charge in [0.25, 0.3) is 5.91 Å². The fourth-order valence-electron chi connectivity index (χ4n) is 5.41. The van der Waals surface area contributed by atoms with Gasteiger partial charge in [-0.3, -0.25) is 9.48 Å². The second-order valence-corrected chi connectivity index (χ2v) is 8.72. The van der Waals surface area contributed by atoms with Crippen LogP contribution in [0, 0.1) is 17.5 Å². The van der Waals surface area contributed by atoms with E-state index >= 15 is 0 Å². The highest BCUT2D eigenvalue weighted by Crippen LogP contribution is 2.45. The third-order valence-electron chi connectivity index (χ3n) is 6.81. The number of aromatic nitrogens is 4. The number of benzene rings is 1. The third kappa shape index (κ3) is 2.98. The molecule has 5 heterocycles. The lowest BCUT2D eigenvalue weighted by Crippen LogP contribution is -2.49. The summed E-state index contributed by atoms with van der Waals surface area (Å²) in [5.41, 5.74) is 3.84. The second-order valence-electron chi connectivity index (χ2n) is 8.72. The largest absolute Gasteiger partial charge is 0.327 e. The fraction of sp³-hybridized carbons (Fsp3) is 0.292. The summed E-state index contributed by atoms with van der Waals surface area (Å²) >= 11 is 0. The molecule has 168 valence electrons. The number of halogens is 3. The number of fused-ring (bicyclic) bond motifs is 5. The molecule has 1 saturated heterocycles. The maximum absolute atomic E-state index is 14.0. The van der Waals surface area contributed by atoms with E-state index in [4.69, 9.17) is 0 Å². The first-order valence-electron chi connectivity index (χ1n) is 10.9. The number of piperidine rings is 1. The van der Waals surface area contributed by atoms with Crippen molar-refractivity contribution >= 4 is 11.4 Å². The first kappa shape index (κ1) is 20.0. The van der Waals surface area contributed by atoms with Crippen LogP contribution in [0.4, 0.5) is 13.2 Å². The highest BCUT2D eigenvalue weighted by atomic mass is 19.2. The molecule has 1 amide bonds. The number of carbonyl (C=O) groups is 1. The number of rotatable bonds is 2. The van der Waals surface area contributed by atoms with Crippen molar-refractivity contribution in [2.24, 2.45) is 7.05 Å². The van der Waals surface area contributed by atoms with E-state index in [9.17, 15) is 18.0 Å². The molecule has 0 radical (unpaired) electrons. The van der Waals surface area contributed by atoms with E-state index in [-0.39, 0.29) is 23.6 Å². The van der Waals surface area contributed by atoms with Crippen LogP contribution in [0.1, 0.15) is 46.9 Å². The molecule has 2 aliphatic rings. The Balaban J connectivity index is 1.43. The molecule has 0 saturated carbocycles. The summed E-state index contributed by atoms with van der Waals surface area (Å²) in [7, 11) is 1.70. The molecule has 6 rings (SSSR count). The molecule has 33 heavy (non-hydrogen) atoms. The van der Waals surface area contributed by atoms with Crippen LogP contribution in [0.5, 0.6) is 0 Å². The van der Waals surface area contributed by atoms with E-state index in [1.165, 1.54) is 0 Å². The number of carbonyl (C=O) groups excluding carboxylic acids is 1. The molecule has 2 aliphatic heterocycles. The molecule has 2 bridgehead atoms. The third-order valence-corrected chi connectivity index (χ3v) is 6.81. The molecule has 0 aliphatic carbocycles. The van der Waals surface area contributed by atoms with Crippen LogP contribution < -0.4 is 0 Å². The second kappa shape index (κ2) is 7.19. The molecular formula is C24H20F3N5O. The zero-order chi connectivity index (χ0) is 22.9. The Kier molecular flexibility index (Phi) is 4.36. The molecular weight excluding hydrogens is 431 g/mol. The van der Waals surface area contributed by atoms with Crippen molar-refractivity contribution in [3.63, 3.8) is 0 Å². The molecule has 0 spiro atoms. The van der Waals surface area contributed by atoms with E-state index in [1.54, 1.807) is 34.7 Å². The summed E-state index contributed by atoms with van der Waals surface area (Å²) in [4.78, 5) is 15.5. The van der Waals surface area contributed by atoms with E-state index in [2.05, 4.69) is 10.2 Å². The van der Waals surface area contributed by atoms with Gasteiger partial charge in [0.2, 0.25) is 0 Å². The zero-order valence-corrected chi connectivity index (χ0v) is 17.8. The molecule has 2 atom stereocenters. The monoisotopic (exact) mass is 451 g/mol. The maximum Gasteiger partial charge on any atom is 0.254 e. The summed E-state index contributed by atoms with van der Waals surface area (Å²) in [6.07, 6.45) is 6.53. The van der Waals surface area contributed by atoms with Crippen molar-refractivity contribution in [2.75, 3.05) is 0 Å². The Bertz CT molecular complexity index is 1400. The quantitative estimate of drug-likeness (QED) is 0.424. The van der Waals surface area contributed by atoms with Crippen LogP contribution in [0.2, 0.25) is 0 Å². The number of aryl methyl sites for hydroxylation is 1. The molecule has 4 aromatic rings. The van der Waals surface area contributed by atoms with Gasteiger partial charge in [-0.25, -0.2) is 17.7 Å². The van der Waals surface area contributed by atoms with E-state index in [1.807, 2.05) is 17.0 Å². The van der Waals surface area contributed by atoms with Gasteiger partial charge in [0.05, 0.1) is 22.9 Å². The van der Waals surface area contributed by atoms with Crippen molar-refractivity contribution in [3.8, 4) is 11.3 Å². The Morgan fingerprint density at radius 3 is 2.67 bits per heavy atom. The molecule has 0 N–H and O–H groups in total. The Hall–Kier alpha value is -3.62. The Labute approximate surface area is 187 Å². The zero-order valence-electron chi connectivity index (χ0n) is 17.8. The van der Waals surface area contributed by atoms with Gasteiger partial charge in [-0.1, -0.05) is 0 Å². The van der Waals surface area contributed by atoms with Crippen LogP contribution in [0.25, 0.3) is 16.8 Å². The summed E-state index contributed by atoms with van der Waals surface area (Å²) < 4.78 is 44.8. The lowest BCUT2D eigenvalue weighted by molar-refractivity contribution is 0.0392. The molecule has 9 heteroatoms. The number of hydrogen-bond acceptors (Lipinski definition) is 3. The van der Waals surface area contributed by atoms with Crippen LogP contribution >= 0.6 is 0 Å². The standard InChI is InChI=1S/C24H20F3N5O/c1-30-23(14-10-18(25)21(27)19(26)11-14)17-12-16-3-2-4-20(22(17)29-30)32(16)24(33)13-6-8-31-15(9-13)5-7-28-31/h5-11,16,20H,2-4,12H2,1H3/t16-,20+/m1/s1. The topological polar surface area (TPSA) is 55.4 Å². The van der Waals surface area contributed by atoms with Crippen LogP contribution in [-0.4, -0.2) is 36.2 Å². The molecule has 0 unspecified atom stereocenters. The van der Waals surface area contributed by atoms with Gasteiger partial charge in [-0.2, -0.15) is 10.2 Å². The summed E-state index contributed by atoms with van der Waals surface area (Å²) in [5.74, 6) is -4.02. The average Bonchev–Trinajstić information content (AvgIpc) is 3.39. The Morgan fingerprint density at radius 1 is 1.09 bits per heavy atom. The van der Waals surface area contributed by atoms with Crippen LogP contribution in [0.15, 0.2) is 42.7 Å². The summed E-state index contributed by atoms with van der Waals surface area (Å²) in [5, 5.41) is 8.85. The first-order chi connectivity index (χ1) is 15.9. The van der Waals surface area contributed by atoms with Gasteiger partial charge < -0.3 is 4.90 Å². The van der Waals surface area contributed by atoms with Gasteiger partial charge in [0.15, 0.2) is 17.5 Å². The van der Waals surface area contributed by atoms with Crippen LogP contribution in [-0.2, 0) is 13.5 Å². The summed E-state index contributed by atoms with van der Waals surface area (Å²) in [6, 6.07) is 7.17. The predicted octanol–water partition coefficient (Wildman–Crippen LogP) is 4.44. The first-order valence-corrected chi connectivity index (χ1v) is 10.9. The number of hydrogen-bond donors (Lipinski definition) is 0. The normalized spacial score (nSPS) is 19.7. The van der Waals surface area contributed by atoms with Crippen molar-refractivity contribution < 1.29 is 18.0 Å². The lowest BCUT2D eigenvalue weighted by atomic mass is 9.81. The van der Waals surface area contributed by atoms with Crippen LogP contribution in [0.3, 0.4) is 0 Å². The van der Waals surface area contributed by atoms with E-state index < -0.39 is 17.5 Å². The summed E-state index contributed by atoms with van der Waals surface area (Å²) in [6.45, 7) is 0.